The lowest BCUT2D eigenvalue weighted by Crippen LogP contribution is -2.38. The zero-order valence-electron chi connectivity index (χ0n) is 13.3. The van der Waals surface area contributed by atoms with Gasteiger partial charge in [-0.25, -0.2) is 9.97 Å². The first-order chi connectivity index (χ1) is 9.60. The van der Waals surface area contributed by atoms with Crippen LogP contribution in [0, 0.1) is 0 Å². The predicted octanol–water partition coefficient (Wildman–Crippen LogP) is 2.63. The summed E-state index contributed by atoms with van der Waals surface area (Å²) in [7, 11) is 1.88. The van der Waals surface area contributed by atoms with Crippen LogP contribution in [0.3, 0.4) is 0 Å². The van der Waals surface area contributed by atoms with Gasteiger partial charge in [0.2, 0.25) is 0 Å². The average Bonchev–Trinajstić information content (AvgIpc) is 2.46. The molecule has 0 aliphatic carbocycles. The molecule has 0 aliphatic heterocycles. The smallest absolute Gasteiger partial charge is 0.137 e. The summed E-state index contributed by atoms with van der Waals surface area (Å²) in [5, 5.41) is 12.5. The lowest BCUT2D eigenvalue weighted by Gasteiger charge is -2.33. The highest BCUT2D eigenvalue weighted by Crippen LogP contribution is 2.32. The molecule has 2 N–H and O–H groups in total. The Morgan fingerprint density at radius 3 is 2.35 bits per heavy atom. The van der Waals surface area contributed by atoms with Crippen LogP contribution in [0.25, 0.3) is 0 Å². The molecule has 114 valence electrons. The van der Waals surface area contributed by atoms with Crippen LogP contribution < -0.4 is 10.2 Å². The van der Waals surface area contributed by atoms with E-state index >= 15 is 0 Å². The monoisotopic (exact) mass is 280 g/mol. The van der Waals surface area contributed by atoms with Crippen molar-refractivity contribution >= 4 is 11.6 Å². The molecule has 5 nitrogen and oxygen atoms in total. The molecule has 0 radical (unpaired) electrons. The van der Waals surface area contributed by atoms with Crippen molar-refractivity contribution in [3.05, 3.63) is 11.9 Å². The summed E-state index contributed by atoms with van der Waals surface area (Å²) in [5.74, 6) is 2.14. The lowest BCUT2D eigenvalue weighted by molar-refractivity contribution is 0.295. The van der Waals surface area contributed by atoms with Gasteiger partial charge in [-0.05, 0) is 18.8 Å². The molecule has 0 bridgehead atoms. The van der Waals surface area contributed by atoms with Gasteiger partial charge < -0.3 is 15.3 Å². The first kappa shape index (κ1) is 16.7. The van der Waals surface area contributed by atoms with Crippen LogP contribution in [0.2, 0.25) is 0 Å². The largest absolute Gasteiger partial charge is 0.395 e. The van der Waals surface area contributed by atoms with Gasteiger partial charge in [-0.3, -0.25) is 0 Å². The number of hydrogen-bond acceptors (Lipinski definition) is 5. The molecule has 0 unspecified atom stereocenters. The normalized spacial score (nSPS) is 11.2. The summed E-state index contributed by atoms with van der Waals surface area (Å²) in [5.41, 5.74) is 1.12. The SMILES string of the molecule is CCC(CC)N(CCO)c1ncnc(NC)c1C(C)C. The van der Waals surface area contributed by atoms with Gasteiger partial charge in [0, 0.05) is 25.2 Å². The molecule has 0 amide bonds. The van der Waals surface area contributed by atoms with E-state index in [1.165, 1.54) is 0 Å². The predicted molar refractivity (Wildman–Crippen MR) is 84.5 cm³/mol. The first-order valence-electron chi connectivity index (χ1n) is 7.50. The molecule has 0 aromatic carbocycles. The Morgan fingerprint density at radius 2 is 1.90 bits per heavy atom. The Morgan fingerprint density at radius 1 is 1.25 bits per heavy atom. The highest BCUT2D eigenvalue weighted by atomic mass is 16.3. The summed E-state index contributed by atoms with van der Waals surface area (Å²) >= 11 is 0. The summed E-state index contributed by atoms with van der Waals surface area (Å²) in [6, 6.07) is 0.388. The zero-order chi connectivity index (χ0) is 15.1. The first-order valence-corrected chi connectivity index (χ1v) is 7.50. The highest BCUT2D eigenvalue weighted by molar-refractivity contribution is 5.60. The fourth-order valence-electron chi connectivity index (χ4n) is 2.64. The molecular formula is C15H28N4O. The van der Waals surface area contributed by atoms with Crippen molar-refractivity contribution in [2.24, 2.45) is 0 Å². The van der Waals surface area contributed by atoms with Gasteiger partial charge in [0.25, 0.3) is 0 Å². The van der Waals surface area contributed by atoms with E-state index < -0.39 is 0 Å². The van der Waals surface area contributed by atoms with Crippen LogP contribution in [0.1, 0.15) is 52.0 Å². The van der Waals surface area contributed by atoms with Crippen molar-refractivity contribution in [1.82, 2.24) is 9.97 Å². The van der Waals surface area contributed by atoms with E-state index in [0.29, 0.717) is 18.5 Å². The van der Waals surface area contributed by atoms with Crippen LogP contribution >= 0.6 is 0 Å². The van der Waals surface area contributed by atoms with Crippen molar-refractivity contribution in [1.29, 1.82) is 0 Å². The number of rotatable bonds is 8. The molecule has 0 spiro atoms. The molecule has 0 aliphatic rings. The van der Waals surface area contributed by atoms with Gasteiger partial charge in [0.15, 0.2) is 0 Å². The van der Waals surface area contributed by atoms with Crippen molar-refractivity contribution in [2.75, 3.05) is 30.4 Å². The van der Waals surface area contributed by atoms with Gasteiger partial charge in [-0.1, -0.05) is 27.7 Å². The van der Waals surface area contributed by atoms with Crippen molar-refractivity contribution in [2.45, 2.75) is 52.5 Å². The quantitative estimate of drug-likeness (QED) is 0.766. The number of aromatic nitrogens is 2. The second-order valence-electron chi connectivity index (χ2n) is 5.25. The van der Waals surface area contributed by atoms with E-state index in [0.717, 1.165) is 30.0 Å². The van der Waals surface area contributed by atoms with Gasteiger partial charge in [0.05, 0.1) is 6.61 Å². The number of nitrogens with one attached hydrogen (secondary N) is 1. The van der Waals surface area contributed by atoms with Gasteiger partial charge in [-0.2, -0.15) is 0 Å². The Labute approximate surface area is 122 Å². The van der Waals surface area contributed by atoms with Gasteiger partial charge in [0.1, 0.15) is 18.0 Å². The molecule has 1 heterocycles. The topological polar surface area (TPSA) is 61.3 Å². The second-order valence-corrected chi connectivity index (χ2v) is 5.25. The van der Waals surface area contributed by atoms with E-state index in [9.17, 15) is 5.11 Å². The van der Waals surface area contributed by atoms with Crippen LogP contribution in [0.4, 0.5) is 11.6 Å². The third-order valence-corrected chi connectivity index (χ3v) is 3.67. The Balaban J connectivity index is 3.31. The van der Waals surface area contributed by atoms with Crippen molar-refractivity contribution in [3.8, 4) is 0 Å². The molecule has 1 aromatic rings. The van der Waals surface area contributed by atoms with Crippen LogP contribution in [-0.2, 0) is 0 Å². The average molecular weight is 280 g/mol. The zero-order valence-corrected chi connectivity index (χ0v) is 13.3. The summed E-state index contributed by atoms with van der Waals surface area (Å²) < 4.78 is 0. The molecular weight excluding hydrogens is 252 g/mol. The fraction of sp³-hybridized carbons (Fsp3) is 0.733. The number of aliphatic hydroxyl groups excluding tert-OH is 1. The van der Waals surface area contributed by atoms with E-state index in [4.69, 9.17) is 0 Å². The number of nitrogens with zero attached hydrogens (tertiary/aromatic N) is 3. The molecule has 0 fully saturated rings. The highest BCUT2D eigenvalue weighted by Gasteiger charge is 2.23. The van der Waals surface area contributed by atoms with Gasteiger partial charge in [-0.15, -0.1) is 0 Å². The summed E-state index contributed by atoms with van der Waals surface area (Å²) in [4.78, 5) is 11.0. The number of aliphatic hydroxyl groups is 1. The maximum absolute atomic E-state index is 9.39. The molecule has 0 saturated heterocycles. The molecule has 5 heteroatoms. The fourth-order valence-corrected chi connectivity index (χ4v) is 2.64. The summed E-state index contributed by atoms with van der Waals surface area (Å²) in [6.07, 6.45) is 3.67. The Kier molecular flexibility index (Phi) is 6.71. The van der Waals surface area contributed by atoms with Crippen molar-refractivity contribution < 1.29 is 5.11 Å². The molecule has 1 rings (SSSR count). The van der Waals surface area contributed by atoms with E-state index in [-0.39, 0.29) is 6.61 Å². The molecule has 0 saturated carbocycles. The van der Waals surface area contributed by atoms with Crippen LogP contribution in [0.15, 0.2) is 6.33 Å². The minimum Gasteiger partial charge on any atom is -0.395 e. The lowest BCUT2D eigenvalue weighted by atomic mass is 10.0. The minimum absolute atomic E-state index is 0.132. The van der Waals surface area contributed by atoms with E-state index in [2.05, 4.69) is 47.9 Å². The third kappa shape index (κ3) is 3.60. The molecule has 20 heavy (non-hydrogen) atoms. The Hall–Kier alpha value is -1.36. The van der Waals surface area contributed by atoms with E-state index in [1.54, 1.807) is 6.33 Å². The summed E-state index contributed by atoms with van der Waals surface area (Å²) in [6.45, 7) is 9.38. The van der Waals surface area contributed by atoms with Crippen LogP contribution in [0.5, 0.6) is 0 Å². The molecule has 1 aromatic heterocycles. The van der Waals surface area contributed by atoms with Crippen LogP contribution in [-0.4, -0.2) is 41.3 Å². The maximum atomic E-state index is 9.39. The molecule has 0 atom stereocenters. The second kappa shape index (κ2) is 8.04. The maximum Gasteiger partial charge on any atom is 0.137 e. The van der Waals surface area contributed by atoms with Crippen molar-refractivity contribution in [3.63, 3.8) is 0 Å². The number of hydrogen-bond donors (Lipinski definition) is 2. The minimum atomic E-state index is 0.132. The standard InChI is InChI=1S/C15H28N4O/c1-6-12(7-2)19(8-9-20)15-13(11(3)4)14(16-5)17-10-18-15/h10-12,20H,6-9H2,1-5H3,(H,16,17,18). The van der Waals surface area contributed by atoms with E-state index in [1.807, 2.05) is 7.05 Å². The third-order valence-electron chi connectivity index (χ3n) is 3.67. The number of anilines is 2. The van der Waals surface area contributed by atoms with Gasteiger partial charge >= 0.3 is 0 Å². The Bertz CT molecular complexity index is 405.